The van der Waals surface area contributed by atoms with Crippen molar-refractivity contribution in [2.24, 2.45) is 0 Å². The highest BCUT2D eigenvalue weighted by atomic mass is 32.2. The summed E-state index contributed by atoms with van der Waals surface area (Å²) >= 11 is 1.53. The lowest BCUT2D eigenvalue weighted by molar-refractivity contribution is -0.139. The minimum absolute atomic E-state index is 0.133. The van der Waals surface area contributed by atoms with Gasteiger partial charge in [0.05, 0.1) is 6.61 Å². The summed E-state index contributed by atoms with van der Waals surface area (Å²) in [4.78, 5) is 24.2. The number of amides is 1. The average Bonchev–Trinajstić information content (AvgIpc) is 2.64. The van der Waals surface area contributed by atoms with Gasteiger partial charge in [-0.25, -0.2) is 4.79 Å². The van der Waals surface area contributed by atoms with Gasteiger partial charge in [0, 0.05) is 5.56 Å². The number of carbonyl (C=O) groups is 2. The SMILES string of the molecule is CSCCC(NC(=O)c1ccc(CO)cc1-c1ccccc1C)C(=O)O. The normalized spacial score (nSPS) is 11.8. The Labute approximate surface area is 157 Å². The zero-order valence-electron chi connectivity index (χ0n) is 14.9. The Morgan fingerprint density at radius 3 is 2.50 bits per heavy atom. The first-order chi connectivity index (χ1) is 12.5. The molecule has 5 nitrogen and oxygen atoms in total. The fourth-order valence-corrected chi connectivity index (χ4v) is 3.19. The molecule has 0 bridgehead atoms. The van der Waals surface area contributed by atoms with Crippen molar-refractivity contribution in [1.29, 1.82) is 0 Å². The summed E-state index contributed by atoms with van der Waals surface area (Å²) in [6, 6.07) is 11.8. The van der Waals surface area contributed by atoms with Gasteiger partial charge in [-0.3, -0.25) is 4.79 Å². The van der Waals surface area contributed by atoms with Crippen molar-refractivity contribution in [2.45, 2.75) is 26.0 Å². The van der Waals surface area contributed by atoms with Crippen LogP contribution in [-0.4, -0.2) is 40.1 Å². The molecule has 0 aliphatic carbocycles. The molecule has 1 unspecified atom stereocenters. The van der Waals surface area contributed by atoms with Gasteiger partial charge in [0.1, 0.15) is 6.04 Å². The molecule has 2 rings (SSSR count). The van der Waals surface area contributed by atoms with E-state index in [1.54, 1.807) is 18.2 Å². The highest BCUT2D eigenvalue weighted by Gasteiger charge is 2.22. The number of aliphatic hydroxyl groups is 1. The number of nitrogens with one attached hydrogen (secondary N) is 1. The van der Waals surface area contributed by atoms with Gasteiger partial charge in [-0.15, -0.1) is 0 Å². The molecule has 0 aliphatic heterocycles. The van der Waals surface area contributed by atoms with E-state index in [9.17, 15) is 19.8 Å². The number of thioether (sulfide) groups is 1. The molecule has 6 heteroatoms. The molecular weight excluding hydrogens is 350 g/mol. The van der Waals surface area contributed by atoms with Gasteiger partial charge in [-0.2, -0.15) is 11.8 Å². The second-order valence-corrected chi connectivity index (χ2v) is 6.98. The predicted octanol–water partition coefficient (Wildman–Crippen LogP) is 3.09. The first kappa shape index (κ1) is 20.0. The molecule has 1 atom stereocenters. The van der Waals surface area contributed by atoms with E-state index in [0.717, 1.165) is 11.1 Å². The summed E-state index contributed by atoms with van der Waals surface area (Å²) in [5, 5.41) is 21.4. The molecule has 0 fully saturated rings. The predicted molar refractivity (Wildman–Crippen MR) is 104 cm³/mol. The fraction of sp³-hybridized carbons (Fsp3) is 0.300. The van der Waals surface area contributed by atoms with Crippen molar-refractivity contribution >= 4 is 23.6 Å². The summed E-state index contributed by atoms with van der Waals surface area (Å²) in [5.41, 5.74) is 3.64. The van der Waals surface area contributed by atoms with Crippen molar-refractivity contribution in [1.82, 2.24) is 5.32 Å². The third-order valence-corrected chi connectivity index (χ3v) is 4.80. The van der Waals surface area contributed by atoms with Crippen LogP contribution >= 0.6 is 11.8 Å². The largest absolute Gasteiger partial charge is 0.480 e. The zero-order valence-corrected chi connectivity index (χ0v) is 15.7. The van der Waals surface area contributed by atoms with Crippen molar-refractivity contribution in [3.63, 3.8) is 0 Å². The second kappa shape index (κ2) is 9.40. The highest BCUT2D eigenvalue weighted by Crippen LogP contribution is 2.28. The summed E-state index contributed by atoms with van der Waals surface area (Å²) < 4.78 is 0. The summed E-state index contributed by atoms with van der Waals surface area (Å²) in [6.07, 6.45) is 2.25. The summed E-state index contributed by atoms with van der Waals surface area (Å²) in [5.74, 6) is -0.830. The van der Waals surface area contributed by atoms with Gasteiger partial charge in [0.15, 0.2) is 0 Å². The first-order valence-electron chi connectivity index (χ1n) is 8.30. The topological polar surface area (TPSA) is 86.6 Å². The maximum atomic E-state index is 12.8. The number of carboxylic acids is 1. The molecular formula is C20H23NO4S. The Hall–Kier alpha value is -2.31. The lowest BCUT2D eigenvalue weighted by Crippen LogP contribution is -2.41. The molecule has 138 valence electrons. The fourth-order valence-electron chi connectivity index (χ4n) is 2.71. The minimum atomic E-state index is -1.04. The van der Waals surface area contributed by atoms with Crippen molar-refractivity contribution in [2.75, 3.05) is 12.0 Å². The Bertz CT molecular complexity index is 791. The third kappa shape index (κ3) is 4.86. The molecule has 0 aromatic heterocycles. The minimum Gasteiger partial charge on any atom is -0.480 e. The van der Waals surface area contributed by atoms with Crippen molar-refractivity contribution in [3.8, 4) is 11.1 Å². The van der Waals surface area contributed by atoms with E-state index in [0.29, 0.717) is 28.9 Å². The molecule has 0 saturated carbocycles. The third-order valence-electron chi connectivity index (χ3n) is 4.16. The smallest absolute Gasteiger partial charge is 0.326 e. The van der Waals surface area contributed by atoms with E-state index in [4.69, 9.17) is 0 Å². The molecule has 0 saturated heterocycles. The van der Waals surface area contributed by atoms with E-state index < -0.39 is 17.9 Å². The van der Waals surface area contributed by atoms with Gasteiger partial charge in [-0.1, -0.05) is 30.3 Å². The van der Waals surface area contributed by atoms with Crippen LogP contribution in [0.25, 0.3) is 11.1 Å². The first-order valence-corrected chi connectivity index (χ1v) is 9.69. The van der Waals surface area contributed by atoms with E-state index in [1.807, 2.05) is 37.4 Å². The van der Waals surface area contributed by atoms with Crippen LogP contribution in [0.5, 0.6) is 0 Å². The van der Waals surface area contributed by atoms with Gasteiger partial charge in [0.2, 0.25) is 0 Å². The van der Waals surface area contributed by atoms with Crippen molar-refractivity contribution in [3.05, 3.63) is 59.2 Å². The van der Waals surface area contributed by atoms with Crippen LogP contribution in [0.2, 0.25) is 0 Å². The quantitative estimate of drug-likeness (QED) is 0.662. The molecule has 0 spiro atoms. The second-order valence-electron chi connectivity index (χ2n) is 6.00. The van der Waals surface area contributed by atoms with Crippen LogP contribution in [0.4, 0.5) is 0 Å². The number of aliphatic hydroxyl groups excluding tert-OH is 1. The number of hydrogen-bond donors (Lipinski definition) is 3. The molecule has 0 aliphatic rings. The van der Waals surface area contributed by atoms with E-state index in [1.165, 1.54) is 11.8 Å². The lowest BCUT2D eigenvalue weighted by atomic mass is 9.93. The summed E-state index contributed by atoms with van der Waals surface area (Å²) in [6.45, 7) is 1.81. The molecule has 26 heavy (non-hydrogen) atoms. The maximum Gasteiger partial charge on any atom is 0.326 e. The van der Waals surface area contributed by atoms with Gasteiger partial charge >= 0.3 is 5.97 Å². The molecule has 0 heterocycles. The molecule has 0 radical (unpaired) electrons. The number of aliphatic carboxylic acids is 1. The maximum absolute atomic E-state index is 12.8. The van der Waals surface area contributed by atoms with Gasteiger partial charge in [-0.05, 0) is 59.7 Å². The van der Waals surface area contributed by atoms with Crippen LogP contribution in [0.1, 0.15) is 27.9 Å². The number of carbonyl (C=O) groups excluding carboxylic acids is 1. The molecule has 3 N–H and O–H groups in total. The number of carboxylic acid groups (broad SMARTS) is 1. The van der Waals surface area contributed by atoms with Gasteiger partial charge in [0.25, 0.3) is 5.91 Å². The summed E-state index contributed by atoms with van der Waals surface area (Å²) in [7, 11) is 0. The zero-order chi connectivity index (χ0) is 19.1. The Balaban J connectivity index is 2.40. The molecule has 2 aromatic carbocycles. The van der Waals surface area contributed by atoms with Crippen LogP contribution in [0.15, 0.2) is 42.5 Å². The van der Waals surface area contributed by atoms with Gasteiger partial charge < -0.3 is 15.5 Å². The van der Waals surface area contributed by atoms with E-state index in [-0.39, 0.29) is 6.61 Å². The highest BCUT2D eigenvalue weighted by molar-refractivity contribution is 7.98. The molecule has 2 aromatic rings. The number of rotatable bonds is 8. The molecule has 1 amide bonds. The average molecular weight is 373 g/mol. The van der Waals surface area contributed by atoms with E-state index >= 15 is 0 Å². The van der Waals surface area contributed by atoms with Crippen LogP contribution in [0, 0.1) is 6.92 Å². The van der Waals surface area contributed by atoms with Crippen LogP contribution in [-0.2, 0) is 11.4 Å². The number of hydrogen-bond acceptors (Lipinski definition) is 4. The lowest BCUT2D eigenvalue weighted by Gasteiger charge is -2.17. The Morgan fingerprint density at radius 1 is 1.15 bits per heavy atom. The monoisotopic (exact) mass is 373 g/mol. The van der Waals surface area contributed by atoms with Crippen molar-refractivity contribution < 1.29 is 19.8 Å². The Kier molecular flexibility index (Phi) is 7.24. The standard InChI is InChI=1S/C20H23NO4S/c1-13-5-3-4-6-15(13)17-11-14(12-22)7-8-16(17)19(23)21-18(20(24)25)9-10-26-2/h3-8,11,18,22H,9-10,12H2,1-2H3,(H,21,23)(H,24,25). The van der Waals surface area contributed by atoms with E-state index in [2.05, 4.69) is 5.32 Å². The number of benzene rings is 2. The Morgan fingerprint density at radius 2 is 1.88 bits per heavy atom. The number of aryl methyl sites for hydroxylation is 1. The van der Waals surface area contributed by atoms with Crippen LogP contribution in [0.3, 0.4) is 0 Å². The van der Waals surface area contributed by atoms with Crippen LogP contribution < -0.4 is 5.32 Å².